The van der Waals surface area contributed by atoms with E-state index in [1.54, 1.807) is 12.1 Å². The van der Waals surface area contributed by atoms with Crippen molar-refractivity contribution in [3.8, 4) is 0 Å². The number of benzene rings is 1. The van der Waals surface area contributed by atoms with Crippen molar-refractivity contribution in [1.29, 1.82) is 0 Å². The van der Waals surface area contributed by atoms with Crippen LogP contribution in [0.3, 0.4) is 0 Å². The van der Waals surface area contributed by atoms with Gasteiger partial charge in [-0.25, -0.2) is 18.4 Å². The van der Waals surface area contributed by atoms with Crippen LogP contribution in [0.15, 0.2) is 40.0 Å². The van der Waals surface area contributed by atoms with Gasteiger partial charge in [0, 0.05) is 18.6 Å². The Bertz CT molecular complexity index is 750. The van der Waals surface area contributed by atoms with Gasteiger partial charge in [0.15, 0.2) is 0 Å². The van der Waals surface area contributed by atoms with Gasteiger partial charge in [-0.2, -0.15) is 0 Å². The number of rotatable bonds is 4. The Hall–Kier alpha value is -1.38. The van der Waals surface area contributed by atoms with E-state index in [-0.39, 0.29) is 10.2 Å². The quantitative estimate of drug-likeness (QED) is 0.811. The lowest BCUT2D eigenvalue weighted by atomic mass is 10.2. The van der Waals surface area contributed by atoms with Crippen molar-refractivity contribution >= 4 is 48.9 Å². The highest BCUT2D eigenvalue weighted by Gasteiger charge is 2.18. The highest BCUT2D eigenvalue weighted by atomic mass is 79.9. The molecule has 0 spiro atoms. The number of hydrogen-bond donors (Lipinski definition) is 1. The second kappa shape index (κ2) is 6.17. The van der Waals surface area contributed by atoms with Crippen molar-refractivity contribution in [3.63, 3.8) is 0 Å². The van der Waals surface area contributed by atoms with Gasteiger partial charge in [0.25, 0.3) is 10.0 Å². The molecule has 0 unspecified atom stereocenters. The fraction of sp³-hybridized carbons (Fsp3) is 0.167. The summed E-state index contributed by atoms with van der Waals surface area (Å²) in [5, 5.41) is -0.00890. The second-order valence-electron chi connectivity index (χ2n) is 4.35. The number of nitrogens with zero attached hydrogens (tertiary/aromatic N) is 3. The van der Waals surface area contributed by atoms with E-state index in [9.17, 15) is 8.42 Å². The number of anilines is 2. The molecule has 112 valence electrons. The summed E-state index contributed by atoms with van der Waals surface area (Å²) in [4.78, 5) is 9.10. The zero-order valence-electron chi connectivity index (χ0n) is 11.2. The average Bonchev–Trinajstić information content (AvgIpc) is 2.38. The minimum atomic E-state index is -3.78. The Morgan fingerprint density at radius 2 is 1.86 bits per heavy atom. The molecule has 0 atom stereocenters. The Kier molecular flexibility index (Phi) is 4.70. The summed E-state index contributed by atoms with van der Waals surface area (Å²) in [5.41, 5.74) is 1.18. The first-order valence-electron chi connectivity index (χ1n) is 5.77. The Labute approximate surface area is 136 Å². The molecule has 21 heavy (non-hydrogen) atoms. The van der Waals surface area contributed by atoms with Crippen LogP contribution < -0.4 is 9.62 Å². The van der Waals surface area contributed by atoms with Gasteiger partial charge in [0.05, 0.1) is 23.8 Å². The van der Waals surface area contributed by atoms with E-state index in [0.29, 0.717) is 5.69 Å². The molecule has 0 saturated carbocycles. The first-order chi connectivity index (χ1) is 9.79. The molecular formula is C12H12BrClN4O2S. The van der Waals surface area contributed by atoms with Crippen LogP contribution in [0.25, 0.3) is 0 Å². The molecular weight excluding hydrogens is 380 g/mol. The second-order valence-corrected chi connectivity index (χ2v) is 7.29. The molecule has 1 heterocycles. The smallest absolute Gasteiger partial charge is 0.265 e. The monoisotopic (exact) mass is 390 g/mol. The molecule has 0 amide bonds. The van der Waals surface area contributed by atoms with Crippen LogP contribution >= 0.6 is 27.5 Å². The molecule has 2 rings (SSSR count). The standard InChI is InChI=1S/C12H12BrClN4O2S/c1-18(2)11-4-3-8(13)5-10(11)17-21(19,20)9-6-15-12(14)16-7-9/h3-7,17H,1-2H3. The van der Waals surface area contributed by atoms with Crippen molar-refractivity contribution < 1.29 is 8.42 Å². The molecule has 0 saturated heterocycles. The number of halogens is 2. The van der Waals surface area contributed by atoms with Crippen molar-refractivity contribution in [2.45, 2.75) is 4.90 Å². The highest BCUT2D eigenvalue weighted by Crippen LogP contribution is 2.29. The van der Waals surface area contributed by atoms with E-state index >= 15 is 0 Å². The largest absolute Gasteiger partial charge is 0.376 e. The molecule has 0 aliphatic heterocycles. The topological polar surface area (TPSA) is 75.2 Å². The molecule has 0 aliphatic carbocycles. The summed E-state index contributed by atoms with van der Waals surface area (Å²) in [6, 6.07) is 5.32. The molecule has 0 fully saturated rings. The molecule has 6 nitrogen and oxygen atoms in total. The molecule has 0 radical (unpaired) electrons. The third-order valence-electron chi connectivity index (χ3n) is 2.59. The Morgan fingerprint density at radius 1 is 1.24 bits per heavy atom. The summed E-state index contributed by atoms with van der Waals surface area (Å²) < 4.78 is 27.9. The molecule has 1 aromatic carbocycles. The van der Waals surface area contributed by atoms with Gasteiger partial charge in [-0.15, -0.1) is 0 Å². The number of aromatic nitrogens is 2. The summed E-state index contributed by atoms with van der Waals surface area (Å²) in [7, 11) is -0.132. The van der Waals surface area contributed by atoms with Crippen LogP contribution in [0.4, 0.5) is 11.4 Å². The molecule has 1 aromatic heterocycles. The summed E-state index contributed by atoms with van der Waals surface area (Å²) >= 11 is 8.88. The number of sulfonamides is 1. The zero-order valence-corrected chi connectivity index (χ0v) is 14.4. The molecule has 1 N–H and O–H groups in total. The van der Waals surface area contributed by atoms with Gasteiger partial charge < -0.3 is 4.90 Å². The van der Waals surface area contributed by atoms with Crippen molar-refractivity contribution in [1.82, 2.24) is 9.97 Å². The molecule has 0 aliphatic rings. The van der Waals surface area contributed by atoms with Gasteiger partial charge in [0.1, 0.15) is 4.90 Å². The van der Waals surface area contributed by atoms with Crippen LogP contribution in [-0.2, 0) is 10.0 Å². The lowest BCUT2D eigenvalue weighted by molar-refractivity contribution is 0.600. The van der Waals surface area contributed by atoms with E-state index in [4.69, 9.17) is 11.6 Å². The number of nitrogens with one attached hydrogen (secondary N) is 1. The van der Waals surface area contributed by atoms with Gasteiger partial charge >= 0.3 is 0 Å². The van der Waals surface area contributed by atoms with Gasteiger partial charge in [-0.1, -0.05) is 15.9 Å². The predicted octanol–water partition coefficient (Wildman–Crippen LogP) is 2.76. The van der Waals surface area contributed by atoms with Gasteiger partial charge in [-0.05, 0) is 29.8 Å². The lowest BCUT2D eigenvalue weighted by Crippen LogP contribution is -2.17. The van der Waals surface area contributed by atoms with E-state index in [1.807, 2.05) is 25.1 Å². The predicted molar refractivity (Wildman–Crippen MR) is 86.3 cm³/mol. The average molecular weight is 392 g/mol. The summed E-state index contributed by atoms with van der Waals surface area (Å²) in [5.74, 6) is 0. The Morgan fingerprint density at radius 3 is 2.43 bits per heavy atom. The van der Waals surface area contributed by atoms with Gasteiger partial charge in [-0.3, -0.25) is 4.72 Å². The highest BCUT2D eigenvalue weighted by molar-refractivity contribution is 9.10. The zero-order chi connectivity index (χ0) is 15.6. The van der Waals surface area contributed by atoms with Gasteiger partial charge in [0.2, 0.25) is 5.28 Å². The van der Waals surface area contributed by atoms with E-state index in [1.165, 1.54) is 0 Å². The maximum absolute atomic E-state index is 12.3. The third kappa shape index (κ3) is 3.84. The van der Waals surface area contributed by atoms with Crippen LogP contribution in [0, 0.1) is 0 Å². The maximum atomic E-state index is 12.3. The van der Waals surface area contributed by atoms with Crippen LogP contribution in [0.2, 0.25) is 5.28 Å². The maximum Gasteiger partial charge on any atom is 0.265 e. The van der Waals surface area contributed by atoms with Crippen molar-refractivity contribution in [3.05, 3.63) is 40.3 Å². The summed E-state index contributed by atoms with van der Waals surface area (Å²) in [6.45, 7) is 0. The van der Waals surface area contributed by atoms with Crippen molar-refractivity contribution in [2.75, 3.05) is 23.7 Å². The third-order valence-corrected chi connectivity index (χ3v) is 4.60. The normalized spacial score (nSPS) is 11.2. The van der Waals surface area contributed by atoms with E-state index in [2.05, 4.69) is 30.6 Å². The minimum absolute atomic E-state index is 0.00890. The van der Waals surface area contributed by atoms with E-state index < -0.39 is 10.0 Å². The molecule has 9 heteroatoms. The fourth-order valence-corrected chi connectivity index (χ4v) is 3.04. The SMILES string of the molecule is CN(C)c1ccc(Br)cc1NS(=O)(=O)c1cnc(Cl)nc1. The lowest BCUT2D eigenvalue weighted by Gasteiger charge is -2.18. The molecule has 2 aromatic rings. The molecule has 0 bridgehead atoms. The van der Waals surface area contributed by atoms with Crippen LogP contribution in [0.1, 0.15) is 0 Å². The fourth-order valence-electron chi connectivity index (χ4n) is 1.62. The minimum Gasteiger partial charge on any atom is -0.376 e. The Balaban J connectivity index is 2.41. The summed E-state index contributed by atoms with van der Waals surface area (Å²) in [6.07, 6.45) is 2.32. The first-order valence-corrected chi connectivity index (χ1v) is 8.42. The number of hydrogen-bond acceptors (Lipinski definition) is 5. The first kappa shape index (κ1) is 16.0. The van der Waals surface area contributed by atoms with Crippen LogP contribution in [-0.4, -0.2) is 32.5 Å². The van der Waals surface area contributed by atoms with Crippen LogP contribution in [0.5, 0.6) is 0 Å². The van der Waals surface area contributed by atoms with Crippen molar-refractivity contribution in [2.24, 2.45) is 0 Å². The van der Waals surface area contributed by atoms with E-state index in [0.717, 1.165) is 22.6 Å².